The van der Waals surface area contributed by atoms with E-state index in [1.54, 1.807) is 36.4 Å². The molecule has 4 rings (SSSR count). The highest BCUT2D eigenvalue weighted by Gasteiger charge is 2.29. The topological polar surface area (TPSA) is 152 Å². The minimum Gasteiger partial charge on any atom is -0.480 e. The molecule has 4 N–H and O–H groups in total. The summed E-state index contributed by atoms with van der Waals surface area (Å²) in [5, 5.41) is 33.7. The van der Waals surface area contributed by atoms with Crippen molar-refractivity contribution in [3.8, 4) is 17.2 Å². The maximum Gasteiger partial charge on any atom is 0.326 e. The molecule has 0 aliphatic heterocycles. The highest BCUT2D eigenvalue weighted by atomic mass is 35.5. The van der Waals surface area contributed by atoms with Crippen LogP contribution in [0.4, 0.5) is 13.2 Å². The number of halogens is 4. The van der Waals surface area contributed by atoms with Crippen molar-refractivity contribution < 1.29 is 37.8 Å². The van der Waals surface area contributed by atoms with Gasteiger partial charge in [-0.05, 0) is 49.7 Å². The Balaban J connectivity index is 1.58. The van der Waals surface area contributed by atoms with Crippen LogP contribution in [-0.4, -0.2) is 57.3 Å². The van der Waals surface area contributed by atoms with Gasteiger partial charge < -0.3 is 20.8 Å². The predicted octanol–water partition coefficient (Wildman–Crippen LogP) is 4.97. The van der Waals surface area contributed by atoms with Crippen molar-refractivity contribution in [1.29, 1.82) is 5.26 Å². The van der Waals surface area contributed by atoms with Gasteiger partial charge in [-0.1, -0.05) is 35.9 Å². The number of carbonyl (C=O) groups excluding carboxylic acids is 2. The molecular formula is C32H26ClF3N4O5. The van der Waals surface area contributed by atoms with E-state index in [1.165, 1.54) is 26.1 Å². The van der Waals surface area contributed by atoms with Gasteiger partial charge in [0.25, 0.3) is 11.8 Å². The summed E-state index contributed by atoms with van der Waals surface area (Å²) < 4.78 is 43.8. The van der Waals surface area contributed by atoms with Gasteiger partial charge in [-0.25, -0.2) is 18.0 Å². The number of carboxylic acid groups (broad SMARTS) is 1. The van der Waals surface area contributed by atoms with Crippen LogP contribution in [0.3, 0.4) is 0 Å². The number of nitrogens with one attached hydrogen (secondary N) is 2. The lowest BCUT2D eigenvalue weighted by Crippen LogP contribution is -2.43. The molecule has 13 heteroatoms. The molecule has 232 valence electrons. The van der Waals surface area contributed by atoms with Crippen LogP contribution in [0.25, 0.3) is 22.0 Å². The zero-order valence-corrected chi connectivity index (χ0v) is 24.6. The fourth-order valence-corrected chi connectivity index (χ4v) is 4.82. The summed E-state index contributed by atoms with van der Waals surface area (Å²) in [7, 11) is 0. The van der Waals surface area contributed by atoms with Crippen molar-refractivity contribution in [3.05, 3.63) is 99.7 Å². The van der Waals surface area contributed by atoms with E-state index in [2.05, 4.69) is 15.6 Å². The third-order valence-electron chi connectivity index (χ3n) is 7.02. The molecule has 0 spiro atoms. The maximum absolute atomic E-state index is 14.9. The highest BCUT2D eigenvalue weighted by Crippen LogP contribution is 2.35. The second kappa shape index (κ2) is 13.3. The predicted molar refractivity (Wildman–Crippen MR) is 159 cm³/mol. The van der Waals surface area contributed by atoms with Crippen LogP contribution in [0.2, 0.25) is 5.02 Å². The number of carboxylic acids is 1. The first-order chi connectivity index (χ1) is 21.2. The average Bonchev–Trinajstić information content (AvgIpc) is 2.98. The van der Waals surface area contributed by atoms with Gasteiger partial charge in [-0.3, -0.25) is 14.6 Å². The van der Waals surface area contributed by atoms with Crippen molar-refractivity contribution in [2.45, 2.75) is 38.1 Å². The number of carbonyl (C=O) groups is 3. The molecule has 0 aliphatic rings. The van der Waals surface area contributed by atoms with E-state index in [9.17, 15) is 37.8 Å². The molecule has 0 radical (unpaired) electrons. The molecule has 3 aromatic carbocycles. The number of aromatic nitrogens is 1. The standard InChI is InChI=1S/C32H26ClF3N4O5/c1-32(2,45)26(36)15-39-29(41)18-11-23(34)27(24(35)12-18)30(42)40-25(31(43)44)13-17-6-8-21(28-19(17)4-3-9-38-28)20-7-5-16(14-37)10-22(20)33/h3-12,25-26,45H,13,15H2,1-2H3,(H,39,41)(H,40,42)(H,43,44)/t25-,26+/m0/s1. The Labute approximate surface area is 260 Å². The number of aliphatic hydroxyl groups is 1. The lowest BCUT2D eigenvalue weighted by Gasteiger charge is -2.22. The molecule has 1 heterocycles. The van der Waals surface area contributed by atoms with Crippen LogP contribution in [-0.2, 0) is 11.2 Å². The first-order valence-electron chi connectivity index (χ1n) is 13.4. The maximum atomic E-state index is 14.9. The Bertz CT molecular complexity index is 1830. The molecule has 4 aromatic rings. The number of alkyl halides is 1. The lowest BCUT2D eigenvalue weighted by molar-refractivity contribution is -0.139. The number of aliphatic carboxylic acids is 1. The van der Waals surface area contributed by atoms with Crippen LogP contribution in [0.1, 0.15) is 45.7 Å². The fraction of sp³-hybridized carbons (Fsp3) is 0.219. The summed E-state index contributed by atoms with van der Waals surface area (Å²) in [5.41, 5.74) is -0.977. The monoisotopic (exact) mass is 638 g/mol. The molecule has 0 aliphatic carbocycles. The van der Waals surface area contributed by atoms with E-state index in [1.807, 2.05) is 6.07 Å². The number of pyridine rings is 1. The van der Waals surface area contributed by atoms with Crippen molar-refractivity contribution in [2.24, 2.45) is 0 Å². The molecule has 45 heavy (non-hydrogen) atoms. The van der Waals surface area contributed by atoms with Crippen LogP contribution < -0.4 is 10.6 Å². The summed E-state index contributed by atoms with van der Waals surface area (Å²) in [6.07, 6.45) is -0.630. The molecule has 2 atom stereocenters. The number of amides is 2. The van der Waals surface area contributed by atoms with Crippen molar-refractivity contribution in [2.75, 3.05) is 6.54 Å². The van der Waals surface area contributed by atoms with E-state index in [4.69, 9.17) is 16.9 Å². The molecule has 0 bridgehead atoms. The van der Waals surface area contributed by atoms with Gasteiger partial charge in [0.05, 0.1) is 29.3 Å². The van der Waals surface area contributed by atoms with Gasteiger partial charge in [-0.15, -0.1) is 0 Å². The number of hydrogen-bond donors (Lipinski definition) is 4. The molecular weight excluding hydrogens is 613 g/mol. The van der Waals surface area contributed by atoms with Gasteiger partial charge in [0.1, 0.15) is 29.4 Å². The van der Waals surface area contributed by atoms with E-state index >= 15 is 0 Å². The molecule has 0 unspecified atom stereocenters. The van der Waals surface area contributed by atoms with Crippen LogP contribution in [0, 0.1) is 23.0 Å². The summed E-state index contributed by atoms with van der Waals surface area (Å²) in [6.45, 7) is 1.73. The summed E-state index contributed by atoms with van der Waals surface area (Å²) in [6, 6.07) is 12.9. The van der Waals surface area contributed by atoms with Crippen LogP contribution >= 0.6 is 11.6 Å². The number of rotatable bonds is 10. The van der Waals surface area contributed by atoms with Crippen LogP contribution in [0.5, 0.6) is 0 Å². The number of fused-ring (bicyclic) bond motifs is 1. The third-order valence-corrected chi connectivity index (χ3v) is 7.33. The van der Waals surface area contributed by atoms with Gasteiger partial charge >= 0.3 is 5.97 Å². The molecule has 0 saturated heterocycles. The van der Waals surface area contributed by atoms with Gasteiger partial charge in [0.15, 0.2) is 0 Å². The van der Waals surface area contributed by atoms with Gasteiger partial charge in [0.2, 0.25) is 0 Å². The van der Waals surface area contributed by atoms with Crippen molar-refractivity contribution in [3.63, 3.8) is 0 Å². The number of nitriles is 1. The molecule has 1 aromatic heterocycles. The Hall–Kier alpha value is -4.99. The van der Waals surface area contributed by atoms with Gasteiger partial charge in [0, 0.05) is 39.7 Å². The van der Waals surface area contributed by atoms with E-state index in [-0.39, 0.29) is 6.42 Å². The highest BCUT2D eigenvalue weighted by molar-refractivity contribution is 6.33. The zero-order chi connectivity index (χ0) is 33.1. The Kier molecular flexibility index (Phi) is 9.75. The van der Waals surface area contributed by atoms with Crippen molar-refractivity contribution in [1.82, 2.24) is 15.6 Å². The molecule has 9 nitrogen and oxygen atoms in total. The Morgan fingerprint density at radius 2 is 1.71 bits per heavy atom. The van der Waals surface area contributed by atoms with Crippen LogP contribution in [0.15, 0.2) is 60.8 Å². The van der Waals surface area contributed by atoms with Gasteiger partial charge in [-0.2, -0.15) is 5.26 Å². The SMILES string of the molecule is CC(C)(O)[C@H](F)CNC(=O)c1cc(F)c(C(=O)N[C@@H](Cc2ccc(-c3ccc(C#N)cc3Cl)c3ncccc23)C(=O)O)c(F)c1. The summed E-state index contributed by atoms with van der Waals surface area (Å²) in [5.74, 6) is -6.80. The first-order valence-corrected chi connectivity index (χ1v) is 13.8. The van der Waals surface area contributed by atoms with Crippen molar-refractivity contribution >= 4 is 40.3 Å². The summed E-state index contributed by atoms with van der Waals surface area (Å²) >= 11 is 6.41. The zero-order valence-electron chi connectivity index (χ0n) is 23.9. The Morgan fingerprint density at radius 1 is 1.04 bits per heavy atom. The number of hydrogen-bond acceptors (Lipinski definition) is 6. The lowest BCUT2D eigenvalue weighted by atomic mass is 9.94. The first kappa shape index (κ1) is 32.9. The smallest absolute Gasteiger partial charge is 0.326 e. The summed E-state index contributed by atoms with van der Waals surface area (Å²) in [4.78, 5) is 41.8. The number of benzene rings is 3. The molecule has 0 saturated carbocycles. The minimum atomic E-state index is -1.87. The average molecular weight is 639 g/mol. The van der Waals surface area contributed by atoms with E-state index < -0.39 is 64.9 Å². The number of nitrogens with zero attached hydrogens (tertiary/aromatic N) is 2. The largest absolute Gasteiger partial charge is 0.480 e. The molecule has 2 amide bonds. The minimum absolute atomic E-state index is 0.292. The second-order valence-corrected chi connectivity index (χ2v) is 11.1. The van der Waals surface area contributed by atoms with E-state index in [0.717, 1.165) is 0 Å². The quantitative estimate of drug-likeness (QED) is 0.191. The second-order valence-electron chi connectivity index (χ2n) is 10.7. The normalized spacial score (nSPS) is 12.7. The Morgan fingerprint density at radius 3 is 2.31 bits per heavy atom. The molecule has 0 fully saturated rings. The fourth-order valence-electron chi connectivity index (χ4n) is 4.54. The van der Waals surface area contributed by atoms with E-state index in [0.29, 0.717) is 50.3 Å². The third kappa shape index (κ3) is 7.39.